The fourth-order valence-corrected chi connectivity index (χ4v) is 6.62. The van der Waals surface area contributed by atoms with Crippen molar-refractivity contribution >= 4 is 17.3 Å². The molecule has 7 heteroatoms. The smallest absolute Gasteiger partial charge is 0.163 e. The number of piperidine rings is 1. The van der Waals surface area contributed by atoms with E-state index in [-0.39, 0.29) is 35.9 Å². The standard InChI is InChI=1S/C38H38FN3O3/c1-24-7-9-26(10-8-24)18-36(44)34-14-11-27(22-42(34)23-32-33(39)5-4-6-37(32)45-3)19-35(43)28-12-13-30-21-41-38(31(30)20-28)29-15-16-40-25(2)17-29/h4-10,12-13,15-17,20,27,34H,11,14,18-19,21-23H2,1-3H3/t27-,34-/m0/s1. The average Bonchev–Trinajstić information content (AvgIpc) is 3.47. The largest absolute Gasteiger partial charge is 0.496 e. The SMILES string of the molecule is COc1cccc(F)c1CN1C[C@H](CC(=O)c2ccc3c(c2)C(c2ccnc(C)c2)=NC3)CC[C@H]1C(=O)Cc1ccc(C)cc1. The van der Waals surface area contributed by atoms with E-state index in [2.05, 4.69) is 9.88 Å². The molecule has 0 saturated carbocycles. The highest BCUT2D eigenvalue weighted by Crippen LogP contribution is 2.32. The monoisotopic (exact) mass is 603 g/mol. The second kappa shape index (κ2) is 13.2. The summed E-state index contributed by atoms with van der Waals surface area (Å²) in [5, 5.41) is 0. The number of hydrogen-bond donors (Lipinski definition) is 0. The Kier molecular flexibility index (Phi) is 8.99. The number of benzene rings is 3. The Morgan fingerprint density at radius 1 is 1.00 bits per heavy atom. The number of Topliss-reactive ketones (excluding diaryl/α,β-unsaturated/α-hetero) is 2. The number of hydrogen-bond acceptors (Lipinski definition) is 6. The minimum absolute atomic E-state index is 0.0305. The Morgan fingerprint density at radius 2 is 1.82 bits per heavy atom. The zero-order valence-electron chi connectivity index (χ0n) is 26.1. The number of aliphatic imine (C=N–C) groups is 1. The fourth-order valence-electron chi connectivity index (χ4n) is 6.62. The molecule has 230 valence electrons. The molecule has 6 rings (SSSR count). The Balaban J connectivity index is 1.21. The van der Waals surface area contributed by atoms with E-state index in [1.165, 1.54) is 13.2 Å². The summed E-state index contributed by atoms with van der Waals surface area (Å²) in [4.78, 5) is 38.5. The van der Waals surface area contributed by atoms with Crippen LogP contribution >= 0.6 is 0 Å². The maximum atomic E-state index is 15.1. The van der Waals surface area contributed by atoms with Gasteiger partial charge >= 0.3 is 0 Å². The number of methoxy groups -OCH3 is 1. The van der Waals surface area contributed by atoms with Crippen LogP contribution in [0.15, 0.2) is 84.0 Å². The van der Waals surface area contributed by atoms with E-state index < -0.39 is 0 Å². The van der Waals surface area contributed by atoms with Crippen LogP contribution in [0.1, 0.15) is 68.7 Å². The number of carbonyl (C=O) groups is 2. The third-order valence-electron chi connectivity index (χ3n) is 9.05. The maximum absolute atomic E-state index is 15.1. The van der Waals surface area contributed by atoms with Crippen LogP contribution in [0.5, 0.6) is 5.75 Å². The highest BCUT2D eigenvalue weighted by atomic mass is 19.1. The molecule has 0 radical (unpaired) electrons. The molecular weight excluding hydrogens is 565 g/mol. The van der Waals surface area contributed by atoms with E-state index in [0.29, 0.717) is 49.2 Å². The van der Waals surface area contributed by atoms with Crippen LogP contribution in [0.4, 0.5) is 4.39 Å². The van der Waals surface area contributed by atoms with Crippen molar-refractivity contribution < 1.29 is 18.7 Å². The lowest BCUT2D eigenvalue weighted by Gasteiger charge is -2.39. The van der Waals surface area contributed by atoms with E-state index in [9.17, 15) is 9.59 Å². The lowest BCUT2D eigenvalue weighted by Crippen LogP contribution is -2.48. The molecule has 1 saturated heterocycles. The number of pyridine rings is 1. The van der Waals surface area contributed by atoms with Crippen LogP contribution in [0.3, 0.4) is 0 Å². The molecule has 0 N–H and O–H groups in total. The van der Waals surface area contributed by atoms with Crippen molar-refractivity contribution in [3.8, 4) is 5.75 Å². The summed E-state index contributed by atoms with van der Waals surface area (Å²) in [5.41, 5.74) is 8.10. The van der Waals surface area contributed by atoms with Crippen LogP contribution in [0.2, 0.25) is 0 Å². The summed E-state index contributed by atoms with van der Waals surface area (Å²) in [6.07, 6.45) is 3.81. The first-order valence-corrected chi connectivity index (χ1v) is 15.6. The Morgan fingerprint density at radius 3 is 2.60 bits per heavy atom. The van der Waals surface area contributed by atoms with Crippen LogP contribution in [0, 0.1) is 25.6 Å². The Bertz CT molecular complexity index is 1760. The van der Waals surface area contributed by atoms with Crippen LogP contribution < -0.4 is 4.74 Å². The third kappa shape index (κ3) is 6.79. The molecule has 0 spiro atoms. The highest BCUT2D eigenvalue weighted by Gasteiger charge is 2.35. The fraction of sp³-hybridized carbons (Fsp3) is 0.316. The molecule has 0 unspecified atom stereocenters. The Labute approximate surface area is 264 Å². The van der Waals surface area contributed by atoms with Crippen molar-refractivity contribution in [2.45, 2.75) is 58.7 Å². The van der Waals surface area contributed by atoms with Gasteiger partial charge in [-0.3, -0.25) is 24.5 Å². The quantitative estimate of drug-likeness (QED) is 0.185. The molecule has 0 bridgehead atoms. The predicted molar refractivity (Wildman–Crippen MR) is 173 cm³/mol. The zero-order chi connectivity index (χ0) is 31.5. The molecule has 1 fully saturated rings. The van der Waals surface area contributed by atoms with Crippen molar-refractivity contribution in [3.63, 3.8) is 0 Å². The van der Waals surface area contributed by atoms with E-state index >= 15 is 4.39 Å². The van der Waals surface area contributed by atoms with Gasteiger partial charge in [0.15, 0.2) is 11.6 Å². The normalized spacial score (nSPS) is 17.9. The summed E-state index contributed by atoms with van der Waals surface area (Å²) >= 11 is 0. The first-order valence-electron chi connectivity index (χ1n) is 15.6. The second-order valence-corrected chi connectivity index (χ2v) is 12.3. The molecule has 0 amide bonds. The van der Waals surface area contributed by atoms with Gasteiger partial charge in [-0.2, -0.15) is 0 Å². The van der Waals surface area contributed by atoms with Gasteiger partial charge in [0.25, 0.3) is 0 Å². The number of fused-ring (bicyclic) bond motifs is 1. The van der Waals surface area contributed by atoms with Gasteiger partial charge in [-0.05, 0) is 74.1 Å². The van der Waals surface area contributed by atoms with Crippen molar-refractivity contribution in [2.24, 2.45) is 10.9 Å². The van der Waals surface area contributed by atoms with Crippen LogP contribution in [-0.4, -0.2) is 46.9 Å². The summed E-state index contributed by atoms with van der Waals surface area (Å²) < 4.78 is 20.5. The van der Waals surface area contributed by atoms with Gasteiger partial charge in [-0.1, -0.05) is 48.0 Å². The lowest BCUT2D eigenvalue weighted by atomic mass is 9.84. The lowest BCUT2D eigenvalue weighted by molar-refractivity contribution is -0.125. The third-order valence-corrected chi connectivity index (χ3v) is 9.05. The van der Waals surface area contributed by atoms with Crippen molar-refractivity contribution in [3.05, 3.63) is 129 Å². The number of ether oxygens (including phenoxy) is 1. The number of nitrogens with zero attached hydrogens (tertiary/aromatic N) is 3. The molecule has 3 aromatic carbocycles. The van der Waals surface area contributed by atoms with Crippen molar-refractivity contribution in [2.75, 3.05) is 13.7 Å². The van der Waals surface area contributed by atoms with Crippen LogP contribution in [-0.2, 0) is 24.3 Å². The summed E-state index contributed by atoms with van der Waals surface area (Å²) in [6, 6.07) is 22.3. The van der Waals surface area contributed by atoms with Gasteiger partial charge in [0.2, 0.25) is 0 Å². The number of rotatable bonds is 10. The number of ketones is 2. The highest BCUT2D eigenvalue weighted by molar-refractivity contribution is 6.16. The number of likely N-dealkylation sites (tertiary alicyclic amines) is 1. The number of carbonyl (C=O) groups excluding carboxylic acids is 2. The van der Waals surface area contributed by atoms with Gasteiger partial charge in [-0.25, -0.2) is 4.39 Å². The summed E-state index contributed by atoms with van der Waals surface area (Å²) in [7, 11) is 1.53. The van der Waals surface area contributed by atoms with Crippen molar-refractivity contribution in [1.82, 2.24) is 9.88 Å². The molecule has 45 heavy (non-hydrogen) atoms. The minimum atomic E-state index is -0.371. The van der Waals surface area contributed by atoms with E-state index in [1.807, 2.05) is 68.4 Å². The maximum Gasteiger partial charge on any atom is 0.163 e. The molecule has 2 aliphatic rings. The average molecular weight is 604 g/mol. The van der Waals surface area contributed by atoms with Gasteiger partial charge < -0.3 is 4.74 Å². The second-order valence-electron chi connectivity index (χ2n) is 12.3. The van der Waals surface area contributed by atoms with Gasteiger partial charge in [0.1, 0.15) is 11.6 Å². The topological polar surface area (TPSA) is 71.9 Å². The van der Waals surface area contributed by atoms with E-state index in [4.69, 9.17) is 9.73 Å². The van der Waals surface area contributed by atoms with Gasteiger partial charge in [0, 0.05) is 60.1 Å². The first-order chi connectivity index (χ1) is 21.8. The predicted octanol–water partition coefficient (Wildman–Crippen LogP) is 6.86. The molecule has 4 aromatic rings. The molecule has 2 aliphatic heterocycles. The molecule has 2 atom stereocenters. The molecule has 6 nitrogen and oxygen atoms in total. The minimum Gasteiger partial charge on any atom is -0.496 e. The zero-order valence-corrected chi connectivity index (χ0v) is 26.1. The number of halogens is 1. The van der Waals surface area contributed by atoms with Crippen LogP contribution in [0.25, 0.3) is 0 Å². The molecular formula is C38H38FN3O3. The number of aryl methyl sites for hydroxylation is 2. The van der Waals surface area contributed by atoms with Crippen molar-refractivity contribution in [1.29, 1.82) is 0 Å². The molecule has 1 aromatic heterocycles. The number of aromatic nitrogens is 1. The Hall–Kier alpha value is -4.49. The molecule has 0 aliphatic carbocycles. The summed E-state index contributed by atoms with van der Waals surface area (Å²) in [5.74, 6) is 0.293. The van der Waals surface area contributed by atoms with Gasteiger partial charge in [0.05, 0.1) is 25.4 Å². The van der Waals surface area contributed by atoms with Gasteiger partial charge in [-0.15, -0.1) is 0 Å². The van der Waals surface area contributed by atoms with E-state index in [1.54, 1.807) is 18.3 Å². The van der Waals surface area contributed by atoms with E-state index in [0.717, 1.165) is 45.6 Å². The summed E-state index contributed by atoms with van der Waals surface area (Å²) in [6.45, 7) is 5.32. The first kappa shape index (κ1) is 30.5. The molecule has 3 heterocycles.